The van der Waals surface area contributed by atoms with Crippen LogP contribution in [-0.4, -0.2) is 23.2 Å². The van der Waals surface area contributed by atoms with Crippen LogP contribution in [0.4, 0.5) is 13.2 Å². The molecule has 1 rings (SSSR count). The average Bonchev–Trinajstić information content (AvgIpc) is 2.54. The minimum atomic E-state index is -5.08. The maximum atomic E-state index is 10.6. The maximum Gasteiger partial charge on any atom is 0.490 e. The van der Waals surface area contributed by atoms with Gasteiger partial charge in [-0.3, -0.25) is 4.79 Å². The first-order chi connectivity index (χ1) is 6.75. The van der Waals surface area contributed by atoms with Crippen molar-refractivity contribution in [2.75, 3.05) is 0 Å². The molecule has 3 N–H and O–H groups in total. The van der Waals surface area contributed by atoms with Gasteiger partial charge in [0.1, 0.15) is 0 Å². The fourth-order valence-corrected chi connectivity index (χ4v) is 0.996. The van der Waals surface area contributed by atoms with E-state index in [-0.39, 0.29) is 5.91 Å². The van der Waals surface area contributed by atoms with Gasteiger partial charge >= 0.3 is 12.1 Å². The summed E-state index contributed by atoms with van der Waals surface area (Å²) < 4.78 is 31.7. The first-order valence-electron chi connectivity index (χ1n) is 3.38. The third kappa shape index (κ3) is 5.68. The van der Waals surface area contributed by atoms with Gasteiger partial charge in [0.2, 0.25) is 0 Å². The van der Waals surface area contributed by atoms with Crippen LogP contribution in [0.25, 0.3) is 0 Å². The van der Waals surface area contributed by atoms with E-state index in [0.29, 0.717) is 4.88 Å². The highest BCUT2D eigenvalue weighted by atomic mass is 32.1. The number of carboxylic acids is 1. The number of hydrogen-bond acceptors (Lipinski definition) is 3. The molecule has 0 aliphatic rings. The van der Waals surface area contributed by atoms with Gasteiger partial charge in [0.25, 0.3) is 5.91 Å². The second kappa shape index (κ2) is 5.35. The van der Waals surface area contributed by atoms with Crippen LogP contribution in [0.2, 0.25) is 0 Å². The molecular formula is C7H6F3NO3S. The van der Waals surface area contributed by atoms with E-state index in [1.54, 1.807) is 12.1 Å². The maximum absolute atomic E-state index is 10.6. The fraction of sp³-hybridized carbons (Fsp3) is 0.143. The molecule has 84 valence electrons. The van der Waals surface area contributed by atoms with Gasteiger partial charge in [0.05, 0.1) is 4.88 Å². The van der Waals surface area contributed by atoms with E-state index in [2.05, 4.69) is 0 Å². The summed E-state index contributed by atoms with van der Waals surface area (Å²) in [7, 11) is 0. The normalized spacial score (nSPS) is 10.1. The van der Waals surface area contributed by atoms with Crippen LogP contribution in [0.3, 0.4) is 0 Å². The average molecular weight is 241 g/mol. The van der Waals surface area contributed by atoms with E-state index in [1.807, 2.05) is 5.38 Å². The summed E-state index contributed by atoms with van der Waals surface area (Å²) in [5.41, 5.74) is 4.93. The summed E-state index contributed by atoms with van der Waals surface area (Å²) >= 11 is 1.36. The van der Waals surface area contributed by atoms with E-state index in [4.69, 9.17) is 15.6 Å². The number of hydrogen-bond donors (Lipinski definition) is 2. The number of carbonyl (C=O) groups excluding carboxylic acids is 1. The Hall–Kier alpha value is -1.57. The Kier molecular flexibility index (Phi) is 4.79. The Balaban J connectivity index is 0.000000265. The van der Waals surface area contributed by atoms with Crippen LogP contribution in [0, 0.1) is 0 Å². The SMILES string of the molecule is NC(=O)c1cccs1.O=C(O)C(F)(F)F. The third-order valence-electron chi connectivity index (χ3n) is 1.01. The lowest BCUT2D eigenvalue weighted by atomic mass is 10.5. The summed E-state index contributed by atoms with van der Waals surface area (Å²) in [4.78, 5) is 19.8. The van der Waals surface area contributed by atoms with Crippen molar-refractivity contribution < 1.29 is 27.9 Å². The van der Waals surface area contributed by atoms with E-state index in [1.165, 1.54) is 11.3 Å². The molecule has 0 aliphatic heterocycles. The molecule has 0 atom stereocenters. The molecule has 1 amide bonds. The number of amides is 1. The van der Waals surface area contributed by atoms with Gasteiger partial charge in [0.15, 0.2) is 0 Å². The zero-order valence-electron chi connectivity index (χ0n) is 7.12. The van der Waals surface area contributed by atoms with Gasteiger partial charge in [-0.1, -0.05) is 6.07 Å². The van der Waals surface area contributed by atoms with Crippen molar-refractivity contribution in [3.63, 3.8) is 0 Å². The van der Waals surface area contributed by atoms with Gasteiger partial charge in [0, 0.05) is 0 Å². The molecule has 0 radical (unpaired) electrons. The van der Waals surface area contributed by atoms with Gasteiger partial charge in [-0.25, -0.2) is 4.79 Å². The Morgan fingerprint density at radius 1 is 1.40 bits per heavy atom. The number of rotatable bonds is 1. The standard InChI is InChI=1S/C5H5NOS.C2HF3O2/c6-5(7)4-2-1-3-8-4;3-2(4,5)1(6)7/h1-3H,(H2,6,7);(H,6,7). The van der Waals surface area contributed by atoms with Crippen LogP contribution in [-0.2, 0) is 4.79 Å². The van der Waals surface area contributed by atoms with Crippen LogP contribution >= 0.6 is 11.3 Å². The summed E-state index contributed by atoms with van der Waals surface area (Å²) in [6.45, 7) is 0. The largest absolute Gasteiger partial charge is 0.490 e. The predicted octanol–water partition coefficient (Wildman–Crippen LogP) is 1.48. The van der Waals surface area contributed by atoms with Crippen LogP contribution in [0.5, 0.6) is 0 Å². The Morgan fingerprint density at radius 3 is 2.00 bits per heavy atom. The van der Waals surface area contributed by atoms with Crippen molar-refractivity contribution in [3.8, 4) is 0 Å². The summed E-state index contributed by atoms with van der Waals surface area (Å²) in [6.07, 6.45) is -5.08. The van der Waals surface area contributed by atoms with Gasteiger partial charge in [-0.2, -0.15) is 13.2 Å². The quantitative estimate of drug-likeness (QED) is 0.781. The van der Waals surface area contributed by atoms with Crippen LogP contribution < -0.4 is 5.73 Å². The molecular weight excluding hydrogens is 235 g/mol. The van der Waals surface area contributed by atoms with E-state index < -0.39 is 12.1 Å². The van der Waals surface area contributed by atoms with Gasteiger partial charge in [-0.15, -0.1) is 11.3 Å². The molecule has 0 aromatic carbocycles. The molecule has 0 spiro atoms. The van der Waals surface area contributed by atoms with E-state index >= 15 is 0 Å². The molecule has 8 heteroatoms. The molecule has 4 nitrogen and oxygen atoms in total. The van der Waals surface area contributed by atoms with Crippen molar-refractivity contribution in [1.29, 1.82) is 0 Å². The number of carbonyl (C=O) groups is 2. The van der Waals surface area contributed by atoms with Crippen molar-refractivity contribution >= 4 is 23.2 Å². The monoisotopic (exact) mass is 241 g/mol. The summed E-state index contributed by atoms with van der Waals surface area (Å²) in [6, 6.07) is 3.50. The van der Waals surface area contributed by atoms with Gasteiger partial charge in [-0.05, 0) is 11.4 Å². The van der Waals surface area contributed by atoms with Crippen molar-refractivity contribution in [1.82, 2.24) is 0 Å². The molecule has 0 saturated heterocycles. The molecule has 0 unspecified atom stereocenters. The lowest BCUT2D eigenvalue weighted by molar-refractivity contribution is -0.192. The molecule has 1 heterocycles. The summed E-state index contributed by atoms with van der Waals surface area (Å²) in [5.74, 6) is -3.10. The third-order valence-corrected chi connectivity index (χ3v) is 1.89. The lowest BCUT2D eigenvalue weighted by Crippen LogP contribution is -2.21. The number of alkyl halides is 3. The highest BCUT2D eigenvalue weighted by Gasteiger charge is 2.38. The minimum Gasteiger partial charge on any atom is -0.475 e. The first kappa shape index (κ1) is 13.4. The molecule has 0 saturated carbocycles. The lowest BCUT2D eigenvalue weighted by Gasteiger charge is -1.93. The molecule has 0 bridgehead atoms. The Labute approximate surface area is 86.1 Å². The molecule has 0 aliphatic carbocycles. The second-order valence-electron chi connectivity index (χ2n) is 2.14. The second-order valence-corrected chi connectivity index (χ2v) is 3.09. The minimum absolute atomic E-state index is 0.347. The van der Waals surface area contributed by atoms with Crippen molar-refractivity contribution in [2.24, 2.45) is 5.73 Å². The number of nitrogens with two attached hydrogens (primary N) is 1. The fourth-order valence-electron chi connectivity index (χ4n) is 0.419. The highest BCUT2D eigenvalue weighted by molar-refractivity contribution is 7.12. The van der Waals surface area contributed by atoms with Crippen molar-refractivity contribution in [2.45, 2.75) is 6.18 Å². The number of thiophene rings is 1. The topological polar surface area (TPSA) is 80.4 Å². The zero-order valence-corrected chi connectivity index (χ0v) is 7.93. The highest BCUT2D eigenvalue weighted by Crippen LogP contribution is 2.13. The number of aliphatic carboxylic acids is 1. The van der Waals surface area contributed by atoms with Crippen LogP contribution in [0.15, 0.2) is 17.5 Å². The molecule has 1 aromatic rings. The first-order valence-corrected chi connectivity index (χ1v) is 4.26. The number of carboxylic acid groups (broad SMARTS) is 1. The Morgan fingerprint density at radius 2 is 1.87 bits per heavy atom. The number of halogens is 3. The van der Waals surface area contributed by atoms with Gasteiger partial charge < -0.3 is 10.8 Å². The van der Waals surface area contributed by atoms with E-state index in [0.717, 1.165) is 0 Å². The number of primary amides is 1. The smallest absolute Gasteiger partial charge is 0.475 e. The van der Waals surface area contributed by atoms with Crippen LogP contribution in [0.1, 0.15) is 9.67 Å². The molecule has 1 aromatic heterocycles. The zero-order chi connectivity index (χ0) is 12.1. The van der Waals surface area contributed by atoms with E-state index in [9.17, 15) is 18.0 Å². The summed E-state index contributed by atoms with van der Waals surface area (Å²) in [5, 5.41) is 8.94. The predicted molar refractivity (Wildman–Crippen MR) is 46.5 cm³/mol. The Bertz CT molecular complexity index is 334. The van der Waals surface area contributed by atoms with Crippen molar-refractivity contribution in [3.05, 3.63) is 22.4 Å². The molecule has 0 fully saturated rings. The molecule has 15 heavy (non-hydrogen) atoms.